The number of esters is 1. The predicted octanol–water partition coefficient (Wildman–Crippen LogP) is 3.06. The van der Waals surface area contributed by atoms with E-state index >= 15 is 0 Å². The quantitative estimate of drug-likeness (QED) is 0.815. The van der Waals surface area contributed by atoms with Crippen LogP contribution in [0.2, 0.25) is 5.02 Å². The summed E-state index contributed by atoms with van der Waals surface area (Å²) in [5.41, 5.74) is 3.62. The molecule has 22 heavy (non-hydrogen) atoms. The van der Waals surface area contributed by atoms with Gasteiger partial charge in [-0.15, -0.1) is 0 Å². The average Bonchev–Trinajstić information content (AvgIpc) is 2.76. The van der Waals surface area contributed by atoms with E-state index in [9.17, 15) is 4.79 Å². The highest BCUT2D eigenvalue weighted by Crippen LogP contribution is 2.34. The molecule has 0 aromatic heterocycles. The molecule has 0 aromatic carbocycles. The van der Waals surface area contributed by atoms with Gasteiger partial charge in [0.2, 0.25) is 0 Å². The lowest BCUT2D eigenvalue weighted by Gasteiger charge is -2.26. The van der Waals surface area contributed by atoms with Gasteiger partial charge in [-0.05, 0) is 34.9 Å². The smallest absolute Gasteiger partial charge is 0.338 e. The zero-order valence-corrected chi connectivity index (χ0v) is 13.2. The Balaban J connectivity index is 2.00. The Morgan fingerprint density at radius 3 is 2.59 bits per heavy atom. The van der Waals surface area contributed by atoms with Gasteiger partial charge in [-0.1, -0.05) is 23.7 Å². The Hall–Kier alpha value is -1.62. The second-order valence-electron chi connectivity index (χ2n) is 5.34. The zero-order chi connectivity index (χ0) is 15.5. The maximum absolute atomic E-state index is 12.0. The molecular formula is C17H18ClNO3. The van der Waals surface area contributed by atoms with Gasteiger partial charge >= 0.3 is 5.97 Å². The number of fused-ring (bicyclic) bond motifs is 1. The lowest BCUT2D eigenvalue weighted by atomic mass is 10.1. The zero-order valence-electron chi connectivity index (χ0n) is 12.5. The van der Waals surface area contributed by atoms with E-state index in [1.54, 1.807) is 6.07 Å². The lowest BCUT2D eigenvalue weighted by molar-refractivity contribution is 0.0342. The van der Waals surface area contributed by atoms with Crippen LogP contribution in [0.15, 0.2) is 30.3 Å². The summed E-state index contributed by atoms with van der Waals surface area (Å²) in [5.74, 6) is -0.319. The second kappa shape index (κ2) is 6.65. The van der Waals surface area contributed by atoms with E-state index in [0.29, 0.717) is 10.6 Å². The lowest BCUT2D eigenvalue weighted by Crippen LogP contribution is -2.35. The number of nitrogens with zero attached hydrogens (tertiary/aromatic N) is 1. The van der Waals surface area contributed by atoms with Crippen molar-refractivity contribution in [3.8, 4) is 11.1 Å². The Labute approximate surface area is 134 Å². The van der Waals surface area contributed by atoms with Crippen LogP contribution in [0.3, 0.4) is 0 Å². The van der Waals surface area contributed by atoms with Gasteiger partial charge in [0.25, 0.3) is 0 Å². The van der Waals surface area contributed by atoms with Crippen molar-refractivity contribution in [1.82, 2.24) is 4.90 Å². The molecule has 0 N–H and O–H groups in total. The summed E-state index contributed by atoms with van der Waals surface area (Å²) in [6, 6.07) is 9.44. The number of halogens is 1. The number of hydrogen-bond acceptors (Lipinski definition) is 4. The molecule has 1 saturated heterocycles. The average molecular weight is 320 g/mol. The molecule has 0 amide bonds. The number of carbonyl (C=O) groups excluding carboxylic acids is 1. The number of methoxy groups -OCH3 is 1. The van der Waals surface area contributed by atoms with Crippen molar-refractivity contribution in [2.24, 2.45) is 0 Å². The Kier molecular flexibility index (Phi) is 4.62. The van der Waals surface area contributed by atoms with Crippen LogP contribution in [-0.4, -0.2) is 44.3 Å². The molecule has 3 aliphatic rings. The molecule has 2 aliphatic carbocycles. The molecule has 4 nitrogen and oxygen atoms in total. The van der Waals surface area contributed by atoms with Crippen LogP contribution in [-0.2, 0) is 16.0 Å². The van der Waals surface area contributed by atoms with Crippen LogP contribution in [0.5, 0.6) is 0 Å². The Bertz CT molecular complexity index is 653. The van der Waals surface area contributed by atoms with E-state index in [-0.39, 0.29) is 5.97 Å². The molecule has 0 spiro atoms. The van der Waals surface area contributed by atoms with Crippen molar-refractivity contribution in [2.75, 3.05) is 33.4 Å². The number of ether oxygens (including phenoxy) is 2. The minimum Gasteiger partial charge on any atom is -0.465 e. The van der Waals surface area contributed by atoms with Crippen molar-refractivity contribution < 1.29 is 14.3 Å². The van der Waals surface area contributed by atoms with E-state index in [2.05, 4.69) is 4.90 Å². The third kappa shape index (κ3) is 3.09. The molecule has 1 fully saturated rings. The molecule has 0 bridgehead atoms. The van der Waals surface area contributed by atoms with E-state index in [1.165, 1.54) is 7.11 Å². The highest BCUT2D eigenvalue weighted by Gasteiger charge is 2.22. The maximum atomic E-state index is 12.0. The fourth-order valence-electron chi connectivity index (χ4n) is 2.82. The van der Waals surface area contributed by atoms with Gasteiger partial charge < -0.3 is 9.47 Å². The summed E-state index contributed by atoms with van der Waals surface area (Å²) in [6.45, 7) is 4.10. The minimum atomic E-state index is -0.319. The van der Waals surface area contributed by atoms with Gasteiger partial charge in [-0.25, -0.2) is 4.79 Å². The topological polar surface area (TPSA) is 38.8 Å². The summed E-state index contributed by atoms with van der Waals surface area (Å²) < 4.78 is 10.3. The number of carbonyl (C=O) groups is 1. The van der Waals surface area contributed by atoms with Crippen molar-refractivity contribution in [1.29, 1.82) is 0 Å². The van der Waals surface area contributed by atoms with E-state index in [4.69, 9.17) is 21.1 Å². The summed E-state index contributed by atoms with van der Waals surface area (Å²) >= 11 is 6.08. The van der Waals surface area contributed by atoms with Crippen molar-refractivity contribution >= 4 is 17.6 Å². The van der Waals surface area contributed by atoms with Crippen molar-refractivity contribution in [3.63, 3.8) is 0 Å². The molecule has 1 heterocycles. The second-order valence-corrected chi connectivity index (χ2v) is 5.78. The van der Waals surface area contributed by atoms with Crippen LogP contribution in [0.4, 0.5) is 0 Å². The molecule has 5 heteroatoms. The number of hydrogen-bond donors (Lipinski definition) is 0. The van der Waals surface area contributed by atoms with Crippen LogP contribution < -0.4 is 0 Å². The molecule has 1 aliphatic heterocycles. The fourth-order valence-corrected chi connectivity index (χ4v) is 2.94. The standard InChI is InChI=1S/C17H18ClNO3/c1-21-17(20)16-10-12(11-19-6-8-22-9-7-19)14-4-2-13(18)3-5-15(14)16/h2-5,10H,6-9,11H2,1H3. The molecule has 0 radical (unpaired) electrons. The summed E-state index contributed by atoms with van der Waals surface area (Å²) in [5, 5.41) is 0.643. The summed E-state index contributed by atoms with van der Waals surface area (Å²) in [4.78, 5) is 14.4. The van der Waals surface area contributed by atoms with E-state index in [0.717, 1.165) is 49.5 Å². The normalized spacial score (nSPS) is 15.9. The summed E-state index contributed by atoms with van der Waals surface area (Å²) in [7, 11) is 1.40. The van der Waals surface area contributed by atoms with Gasteiger partial charge in [-0.2, -0.15) is 0 Å². The van der Waals surface area contributed by atoms with E-state index in [1.807, 2.05) is 24.3 Å². The molecule has 0 aromatic rings. The largest absolute Gasteiger partial charge is 0.465 e. The van der Waals surface area contributed by atoms with Crippen molar-refractivity contribution in [3.05, 3.63) is 46.5 Å². The maximum Gasteiger partial charge on any atom is 0.338 e. The Morgan fingerprint density at radius 1 is 1.23 bits per heavy atom. The SMILES string of the molecule is COC(=O)c1cc(CN2CCOCC2)c2ccc(Cl)ccc1-2. The first-order valence-electron chi connectivity index (χ1n) is 7.28. The first kappa shape index (κ1) is 15.3. The van der Waals surface area contributed by atoms with Gasteiger partial charge in [0, 0.05) is 24.7 Å². The third-order valence-corrected chi connectivity index (χ3v) is 4.22. The monoisotopic (exact) mass is 319 g/mol. The molecule has 0 saturated carbocycles. The number of rotatable bonds is 3. The first-order chi connectivity index (χ1) is 10.7. The van der Waals surface area contributed by atoms with E-state index < -0.39 is 0 Å². The Morgan fingerprint density at radius 2 is 1.91 bits per heavy atom. The van der Waals surface area contributed by atoms with Crippen LogP contribution in [0, 0.1) is 0 Å². The molecular weight excluding hydrogens is 302 g/mol. The minimum absolute atomic E-state index is 0.319. The van der Waals surface area contributed by atoms with Gasteiger partial charge in [0.05, 0.1) is 25.9 Å². The predicted molar refractivity (Wildman–Crippen MR) is 85.5 cm³/mol. The molecule has 3 rings (SSSR count). The first-order valence-corrected chi connectivity index (χ1v) is 7.66. The van der Waals surface area contributed by atoms with Crippen LogP contribution >= 0.6 is 11.6 Å². The van der Waals surface area contributed by atoms with Gasteiger partial charge in [0.1, 0.15) is 0 Å². The fraction of sp³-hybridized carbons (Fsp3) is 0.353. The highest BCUT2D eigenvalue weighted by atomic mass is 35.5. The molecule has 0 atom stereocenters. The van der Waals surface area contributed by atoms with Gasteiger partial charge in [-0.3, -0.25) is 4.90 Å². The number of morpholine rings is 1. The van der Waals surface area contributed by atoms with Crippen molar-refractivity contribution in [2.45, 2.75) is 6.54 Å². The van der Waals surface area contributed by atoms with Gasteiger partial charge in [0.15, 0.2) is 0 Å². The highest BCUT2D eigenvalue weighted by molar-refractivity contribution is 6.30. The third-order valence-electron chi connectivity index (χ3n) is 3.97. The summed E-state index contributed by atoms with van der Waals surface area (Å²) in [6.07, 6.45) is 0. The van der Waals surface area contributed by atoms with Crippen LogP contribution in [0.25, 0.3) is 11.1 Å². The molecule has 0 unspecified atom stereocenters. The van der Waals surface area contributed by atoms with Crippen LogP contribution in [0.1, 0.15) is 15.9 Å². The molecule has 116 valence electrons.